The van der Waals surface area contributed by atoms with Gasteiger partial charge in [-0.3, -0.25) is 4.90 Å². The van der Waals surface area contributed by atoms with E-state index in [1.54, 1.807) is 0 Å². The van der Waals surface area contributed by atoms with Crippen molar-refractivity contribution in [2.24, 2.45) is 5.92 Å². The average molecular weight is 318 g/mol. The number of aliphatic hydroxyl groups is 1. The van der Waals surface area contributed by atoms with Crippen molar-refractivity contribution in [3.63, 3.8) is 0 Å². The minimum Gasteiger partial charge on any atom is -0.391 e. The van der Waals surface area contributed by atoms with Crippen molar-refractivity contribution >= 4 is 0 Å². The Morgan fingerprint density at radius 1 is 1.04 bits per heavy atom. The fourth-order valence-electron chi connectivity index (χ4n) is 4.73. The maximum absolute atomic E-state index is 11.0. The topological polar surface area (TPSA) is 47.3 Å². The molecule has 2 aromatic carbocycles. The van der Waals surface area contributed by atoms with Crippen LogP contribution in [-0.2, 0) is 12.1 Å². The van der Waals surface area contributed by atoms with Gasteiger partial charge in [0.05, 0.1) is 23.6 Å². The van der Waals surface area contributed by atoms with Gasteiger partial charge in [-0.2, -0.15) is 5.26 Å². The Morgan fingerprint density at radius 2 is 1.71 bits per heavy atom. The van der Waals surface area contributed by atoms with Gasteiger partial charge in [-0.25, -0.2) is 0 Å². The van der Waals surface area contributed by atoms with Gasteiger partial charge in [0.2, 0.25) is 0 Å². The van der Waals surface area contributed by atoms with E-state index in [1.807, 2.05) is 24.3 Å². The SMILES string of the molecule is N#C[C@@H]1C[C@@]2(c3ccccc3)[C@H](O)CC[C@@H]1N2Cc1ccccc1. The van der Waals surface area contributed by atoms with Crippen LogP contribution in [0.25, 0.3) is 0 Å². The van der Waals surface area contributed by atoms with Gasteiger partial charge in [0, 0.05) is 12.6 Å². The van der Waals surface area contributed by atoms with Gasteiger partial charge in [0.25, 0.3) is 0 Å². The van der Waals surface area contributed by atoms with E-state index in [9.17, 15) is 10.4 Å². The van der Waals surface area contributed by atoms with Gasteiger partial charge in [0.15, 0.2) is 0 Å². The van der Waals surface area contributed by atoms with Crippen LogP contribution in [0.1, 0.15) is 30.4 Å². The van der Waals surface area contributed by atoms with Gasteiger partial charge < -0.3 is 5.11 Å². The van der Waals surface area contributed by atoms with Gasteiger partial charge >= 0.3 is 0 Å². The van der Waals surface area contributed by atoms with E-state index in [0.29, 0.717) is 6.42 Å². The Bertz CT molecular complexity index is 739. The van der Waals surface area contributed by atoms with Gasteiger partial charge in [-0.1, -0.05) is 60.7 Å². The normalized spacial score (nSPS) is 32.4. The van der Waals surface area contributed by atoms with E-state index < -0.39 is 11.6 Å². The molecule has 0 aliphatic carbocycles. The zero-order valence-corrected chi connectivity index (χ0v) is 13.7. The molecule has 122 valence electrons. The predicted octanol–water partition coefficient (Wildman–Crippen LogP) is 3.45. The lowest BCUT2D eigenvalue weighted by atomic mass is 9.78. The summed E-state index contributed by atoms with van der Waals surface area (Å²) in [7, 11) is 0. The lowest BCUT2D eigenvalue weighted by molar-refractivity contribution is -0.0671. The second-order valence-corrected chi connectivity index (χ2v) is 7.00. The van der Waals surface area contributed by atoms with E-state index in [2.05, 4.69) is 47.4 Å². The van der Waals surface area contributed by atoms with E-state index in [-0.39, 0.29) is 12.0 Å². The number of piperidine rings is 1. The second-order valence-electron chi connectivity index (χ2n) is 7.00. The standard InChI is InChI=1S/C21H22N2O/c22-14-17-13-21(18-9-5-2-6-10-18)20(24)12-11-19(17)23(21)15-16-7-3-1-4-8-16/h1-10,17,19-20,24H,11-13,15H2/t17-,19-,20+,21+/m0/s1. The van der Waals surface area contributed by atoms with Crippen molar-refractivity contribution in [2.75, 3.05) is 0 Å². The van der Waals surface area contributed by atoms with Crippen LogP contribution in [0, 0.1) is 17.2 Å². The zero-order valence-electron chi connectivity index (χ0n) is 13.7. The van der Waals surface area contributed by atoms with Crippen molar-refractivity contribution in [3.05, 3.63) is 71.8 Å². The zero-order chi connectivity index (χ0) is 16.6. The molecular formula is C21H22N2O. The monoisotopic (exact) mass is 318 g/mol. The van der Waals surface area contributed by atoms with Crippen LogP contribution in [0.15, 0.2) is 60.7 Å². The quantitative estimate of drug-likeness (QED) is 0.943. The van der Waals surface area contributed by atoms with Gasteiger partial charge in [0.1, 0.15) is 0 Å². The highest BCUT2D eigenvalue weighted by molar-refractivity contribution is 5.33. The summed E-state index contributed by atoms with van der Waals surface area (Å²) in [4.78, 5) is 2.40. The van der Waals surface area contributed by atoms with E-state index in [4.69, 9.17) is 0 Å². The molecule has 2 fully saturated rings. The van der Waals surface area contributed by atoms with Crippen LogP contribution >= 0.6 is 0 Å². The number of hydrogen-bond donors (Lipinski definition) is 1. The van der Waals surface area contributed by atoms with Crippen LogP contribution in [0.2, 0.25) is 0 Å². The summed E-state index contributed by atoms with van der Waals surface area (Å²) in [5.74, 6) is -0.0222. The fourth-order valence-corrected chi connectivity index (χ4v) is 4.73. The Labute approximate surface area is 143 Å². The molecule has 2 bridgehead atoms. The molecule has 3 heteroatoms. The molecule has 0 radical (unpaired) electrons. The fraction of sp³-hybridized carbons (Fsp3) is 0.381. The molecule has 2 aliphatic heterocycles. The maximum atomic E-state index is 11.0. The highest BCUT2D eigenvalue weighted by atomic mass is 16.3. The largest absolute Gasteiger partial charge is 0.391 e. The third-order valence-corrected chi connectivity index (χ3v) is 5.83. The van der Waals surface area contributed by atoms with Gasteiger partial charge in [-0.05, 0) is 30.4 Å². The number of hydrogen-bond acceptors (Lipinski definition) is 3. The highest BCUT2D eigenvalue weighted by Gasteiger charge is 2.58. The first-order chi connectivity index (χ1) is 11.8. The smallest absolute Gasteiger partial charge is 0.0767 e. The molecule has 0 aromatic heterocycles. The molecular weight excluding hydrogens is 296 g/mol. The summed E-state index contributed by atoms with van der Waals surface area (Å²) in [5, 5.41) is 20.7. The average Bonchev–Trinajstić information content (AvgIpc) is 2.86. The molecule has 0 amide bonds. The third kappa shape index (κ3) is 2.26. The van der Waals surface area contributed by atoms with Crippen molar-refractivity contribution in [1.29, 1.82) is 5.26 Å². The molecule has 2 heterocycles. The van der Waals surface area contributed by atoms with E-state index in [0.717, 1.165) is 24.9 Å². The molecule has 24 heavy (non-hydrogen) atoms. The number of fused-ring (bicyclic) bond motifs is 2. The van der Waals surface area contributed by atoms with Gasteiger partial charge in [-0.15, -0.1) is 0 Å². The second kappa shape index (κ2) is 6.05. The number of aliphatic hydroxyl groups excluding tert-OH is 1. The molecule has 0 unspecified atom stereocenters. The number of nitriles is 1. The van der Waals surface area contributed by atoms with Crippen molar-refractivity contribution in [2.45, 2.75) is 43.5 Å². The summed E-state index contributed by atoms with van der Waals surface area (Å²) in [6.45, 7) is 0.773. The van der Waals surface area contributed by atoms with Crippen molar-refractivity contribution < 1.29 is 5.11 Å². The Balaban J connectivity index is 1.81. The molecule has 4 rings (SSSR count). The number of benzene rings is 2. The van der Waals surface area contributed by atoms with Crippen LogP contribution < -0.4 is 0 Å². The first-order valence-electron chi connectivity index (χ1n) is 8.69. The molecule has 0 spiro atoms. The van der Waals surface area contributed by atoms with Crippen LogP contribution in [-0.4, -0.2) is 22.2 Å². The summed E-state index contributed by atoms with van der Waals surface area (Å²) < 4.78 is 0. The molecule has 3 nitrogen and oxygen atoms in total. The van der Waals surface area contributed by atoms with Crippen LogP contribution in [0.3, 0.4) is 0 Å². The highest BCUT2D eigenvalue weighted by Crippen LogP contribution is 2.53. The van der Waals surface area contributed by atoms with E-state index in [1.165, 1.54) is 5.56 Å². The number of rotatable bonds is 3. The Morgan fingerprint density at radius 3 is 2.38 bits per heavy atom. The summed E-state index contributed by atoms with van der Waals surface area (Å²) in [6, 6.07) is 23.4. The lowest BCUT2D eigenvalue weighted by Gasteiger charge is -2.48. The Kier molecular flexibility index (Phi) is 3.88. The maximum Gasteiger partial charge on any atom is 0.0767 e. The van der Waals surface area contributed by atoms with E-state index >= 15 is 0 Å². The first-order valence-corrected chi connectivity index (χ1v) is 8.69. The Hall–Kier alpha value is -2.15. The number of nitrogens with zero attached hydrogens (tertiary/aromatic N) is 2. The molecule has 0 saturated carbocycles. The molecule has 2 saturated heterocycles. The van der Waals surface area contributed by atoms with Crippen LogP contribution in [0.5, 0.6) is 0 Å². The third-order valence-electron chi connectivity index (χ3n) is 5.83. The molecule has 4 atom stereocenters. The summed E-state index contributed by atoms with van der Waals surface area (Å²) in [6.07, 6.45) is 1.94. The van der Waals surface area contributed by atoms with Crippen molar-refractivity contribution in [1.82, 2.24) is 4.90 Å². The lowest BCUT2D eigenvalue weighted by Crippen LogP contribution is -2.55. The minimum atomic E-state index is -0.444. The molecule has 2 aliphatic rings. The first kappa shape index (κ1) is 15.4. The predicted molar refractivity (Wildman–Crippen MR) is 92.9 cm³/mol. The van der Waals surface area contributed by atoms with Crippen LogP contribution in [0.4, 0.5) is 0 Å². The molecule has 2 aromatic rings. The summed E-state index contributed by atoms with van der Waals surface area (Å²) in [5.41, 5.74) is 1.92. The van der Waals surface area contributed by atoms with Crippen molar-refractivity contribution in [3.8, 4) is 6.07 Å². The minimum absolute atomic E-state index is 0.0222. The molecule has 1 N–H and O–H groups in total. The summed E-state index contributed by atoms with van der Waals surface area (Å²) >= 11 is 0.